The van der Waals surface area contributed by atoms with E-state index >= 15 is 0 Å². The number of amides is 1. The van der Waals surface area contributed by atoms with Gasteiger partial charge in [0.1, 0.15) is 0 Å². The van der Waals surface area contributed by atoms with E-state index in [0.29, 0.717) is 19.5 Å². The van der Waals surface area contributed by atoms with E-state index in [-0.39, 0.29) is 12.1 Å². The van der Waals surface area contributed by atoms with Crippen molar-refractivity contribution in [3.8, 4) is 0 Å². The quantitative estimate of drug-likeness (QED) is 0.588. The Kier molecular flexibility index (Phi) is 11.5. The SMILES string of the molecule is CC1SCCC(CCCCC(=O)NCC[N-]C(C)N(C)C)SC1C. The van der Waals surface area contributed by atoms with Crippen LogP contribution in [0.15, 0.2) is 0 Å². The molecule has 1 heterocycles. The third kappa shape index (κ3) is 9.54. The van der Waals surface area contributed by atoms with Gasteiger partial charge in [-0.3, -0.25) is 4.79 Å². The van der Waals surface area contributed by atoms with Crippen molar-refractivity contribution >= 4 is 29.4 Å². The maximum absolute atomic E-state index is 11.9. The van der Waals surface area contributed by atoms with Crippen molar-refractivity contribution in [3.05, 3.63) is 5.32 Å². The van der Waals surface area contributed by atoms with Crippen molar-refractivity contribution in [1.82, 2.24) is 10.2 Å². The molecule has 0 spiro atoms. The first-order valence-electron chi connectivity index (χ1n) is 9.27. The number of rotatable bonds is 10. The molecule has 0 bridgehead atoms. The molecule has 142 valence electrons. The molecule has 0 radical (unpaired) electrons. The normalized spacial score (nSPS) is 26.2. The molecule has 0 aromatic carbocycles. The summed E-state index contributed by atoms with van der Waals surface area (Å²) in [6, 6.07) is 0. The summed E-state index contributed by atoms with van der Waals surface area (Å²) < 4.78 is 0. The van der Waals surface area contributed by atoms with Gasteiger partial charge in [-0.1, -0.05) is 33.4 Å². The third-order valence-corrected chi connectivity index (χ3v) is 7.91. The van der Waals surface area contributed by atoms with Gasteiger partial charge in [0.2, 0.25) is 5.91 Å². The molecule has 1 N–H and O–H groups in total. The Morgan fingerprint density at radius 1 is 1.29 bits per heavy atom. The first-order valence-corrected chi connectivity index (χ1v) is 11.3. The van der Waals surface area contributed by atoms with E-state index in [0.717, 1.165) is 22.2 Å². The van der Waals surface area contributed by atoms with Gasteiger partial charge < -0.3 is 15.5 Å². The molecule has 0 aliphatic carbocycles. The average molecular weight is 375 g/mol. The Labute approximate surface area is 157 Å². The van der Waals surface area contributed by atoms with E-state index in [4.69, 9.17) is 0 Å². The largest absolute Gasteiger partial charge is 0.646 e. The lowest BCUT2D eigenvalue weighted by Crippen LogP contribution is -2.29. The number of nitrogens with zero attached hydrogens (tertiary/aromatic N) is 2. The van der Waals surface area contributed by atoms with Gasteiger partial charge in [0.05, 0.1) is 0 Å². The molecule has 4 nitrogen and oxygen atoms in total. The molecule has 6 heteroatoms. The number of nitrogens with one attached hydrogen (secondary N) is 1. The van der Waals surface area contributed by atoms with Crippen molar-refractivity contribution in [3.63, 3.8) is 0 Å². The fourth-order valence-electron chi connectivity index (χ4n) is 2.57. The Hall–Kier alpha value is 0.0900. The Bertz CT molecular complexity index is 355. The Balaban J connectivity index is 2.03. The summed E-state index contributed by atoms with van der Waals surface area (Å²) in [6.07, 6.45) is 5.61. The Morgan fingerprint density at radius 2 is 2.04 bits per heavy atom. The second-order valence-corrected chi connectivity index (χ2v) is 10.1. The zero-order chi connectivity index (χ0) is 17.9. The van der Waals surface area contributed by atoms with Crippen LogP contribution in [0, 0.1) is 0 Å². The monoisotopic (exact) mass is 374 g/mol. The van der Waals surface area contributed by atoms with E-state index in [1.54, 1.807) is 0 Å². The van der Waals surface area contributed by atoms with Crippen LogP contribution in [-0.2, 0) is 4.79 Å². The Morgan fingerprint density at radius 3 is 2.75 bits per heavy atom. The molecule has 1 aliphatic rings. The fraction of sp³-hybridized carbons (Fsp3) is 0.944. The van der Waals surface area contributed by atoms with E-state index < -0.39 is 0 Å². The molecule has 4 atom stereocenters. The molecule has 1 aliphatic heterocycles. The zero-order valence-electron chi connectivity index (χ0n) is 16.1. The van der Waals surface area contributed by atoms with Crippen LogP contribution in [0.1, 0.15) is 52.9 Å². The molecule has 1 rings (SSSR count). The minimum atomic E-state index is 0.175. The second-order valence-electron chi connectivity index (χ2n) is 6.93. The van der Waals surface area contributed by atoms with Crippen molar-refractivity contribution in [2.75, 3.05) is 32.9 Å². The topological polar surface area (TPSA) is 46.4 Å². The smallest absolute Gasteiger partial charge is 0.219 e. The van der Waals surface area contributed by atoms with Crippen LogP contribution in [0.5, 0.6) is 0 Å². The lowest BCUT2D eigenvalue weighted by molar-refractivity contribution is -0.121. The van der Waals surface area contributed by atoms with Crippen LogP contribution in [0.25, 0.3) is 5.32 Å². The number of carbonyl (C=O) groups is 1. The van der Waals surface area contributed by atoms with Gasteiger partial charge in [-0.2, -0.15) is 23.5 Å². The summed E-state index contributed by atoms with van der Waals surface area (Å²) in [5.41, 5.74) is 0. The summed E-state index contributed by atoms with van der Waals surface area (Å²) in [4.78, 5) is 13.9. The summed E-state index contributed by atoms with van der Waals surface area (Å²) in [7, 11) is 4.03. The fourth-order valence-corrected chi connectivity index (χ4v) is 5.60. The molecule has 1 fully saturated rings. The highest BCUT2D eigenvalue weighted by Crippen LogP contribution is 2.36. The van der Waals surface area contributed by atoms with Crippen molar-refractivity contribution < 1.29 is 4.79 Å². The molecule has 0 aromatic rings. The number of thioether (sulfide) groups is 2. The average Bonchev–Trinajstić information content (AvgIpc) is 2.69. The zero-order valence-corrected chi connectivity index (χ0v) is 17.7. The third-order valence-electron chi connectivity index (χ3n) is 4.64. The van der Waals surface area contributed by atoms with Crippen LogP contribution in [0.3, 0.4) is 0 Å². The van der Waals surface area contributed by atoms with Crippen LogP contribution in [-0.4, -0.2) is 65.7 Å². The van der Waals surface area contributed by atoms with Crippen LogP contribution in [0.2, 0.25) is 0 Å². The maximum atomic E-state index is 11.9. The first-order chi connectivity index (χ1) is 11.4. The molecule has 4 unspecified atom stereocenters. The summed E-state index contributed by atoms with van der Waals surface area (Å²) in [5.74, 6) is 1.46. The number of hydrogen-bond acceptors (Lipinski definition) is 4. The highest BCUT2D eigenvalue weighted by Gasteiger charge is 2.22. The van der Waals surface area contributed by atoms with E-state index in [9.17, 15) is 4.79 Å². The van der Waals surface area contributed by atoms with Gasteiger partial charge in [0.15, 0.2) is 0 Å². The van der Waals surface area contributed by atoms with E-state index in [2.05, 4.69) is 59.8 Å². The van der Waals surface area contributed by atoms with Gasteiger partial charge in [0.25, 0.3) is 0 Å². The van der Waals surface area contributed by atoms with E-state index in [1.807, 2.05) is 14.1 Å². The molecular weight excluding hydrogens is 338 g/mol. The van der Waals surface area contributed by atoms with Gasteiger partial charge in [-0.25, -0.2) is 0 Å². The molecule has 24 heavy (non-hydrogen) atoms. The van der Waals surface area contributed by atoms with Crippen LogP contribution < -0.4 is 5.32 Å². The number of hydrogen-bond donors (Lipinski definition) is 1. The molecule has 1 saturated heterocycles. The molecule has 0 saturated carbocycles. The minimum Gasteiger partial charge on any atom is -0.646 e. The molecule has 1 amide bonds. The number of unbranched alkanes of at least 4 members (excludes halogenated alkanes) is 1. The molecule has 0 aromatic heterocycles. The standard InChI is InChI=1S/C18H36N3OS2/c1-14-15(2)24-17(10-13-23-14)8-6-7-9-18(22)20-12-11-19-16(3)21(4)5/h14-17H,6-13H2,1-5H3,(H,20,22)/q-1. The minimum absolute atomic E-state index is 0.175. The van der Waals surface area contributed by atoms with Gasteiger partial charge in [0, 0.05) is 22.2 Å². The van der Waals surface area contributed by atoms with Crippen molar-refractivity contribution in [2.24, 2.45) is 0 Å². The van der Waals surface area contributed by atoms with Crippen molar-refractivity contribution in [2.45, 2.75) is 74.8 Å². The lowest BCUT2D eigenvalue weighted by atomic mass is 10.1. The number of carbonyl (C=O) groups excluding carboxylic acids is 1. The van der Waals surface area contributed by atoms with E-state index in [1.165, 1.54) is 25.0 Å². The second kappa shape index (κ2) is 12.4. The summed E-state index contributed by atoms with van der Waals surface area (Å²) in [5, 5.41) is 9.76. The summed E-state index contributed by atoms with van der Waals surface area (Å²) in [6.45, 7) is 8.12. The predicted molar refractivity (Wildman–Crippen MR) is 110 cm³/mol. The highest BCUT2D eigenvalue weighted by molar-refractivity contribution is 8.04. The maximum Gasteiger partial charge on any atom is 0.219 e. The van der Waals surface area contributed by atoms with Gasteiger partial charge >= 0.3 is 0 Å². The lowest BCUT2D eigenvalue weighted by Gasteiger charge is -2.34. The van der Waals surface area contributed by atoms with Gasteiger partial charge in [-0.15, -0.1) is 6.54 Å². The van der Waals surface area contributed by atoms with Crippen LogP contribution in [0.4, 0.5) is 0 Å². The van der Waals surface area contributed by atoms with Crippen molar-refractivity contribution in [1.29, 1.82) is 0 Å². The highest BCUT2D eigenvalue weighted by atomic mass is 32.2. The molecular formula is C18H36N3OS2-. The first kappa shape index (κ1) is 22.1. The van der Waals surface area contributed by atoms with Crippen LogP contribution >= 0.6 is 23.5 Å². The summed E-state index contributed by atoms with van der Waals surface area (Å²) >= 11 is 4.27. The van der Waals surface area contributed by atoms with Gasteiger partial charge in [-0.05, 0) is 45.7 Å². The predicted octanol–water partition coefficient (Wildman–Crippen LogP) is 3.96.